The Kier molecular flexibility index (Phi) is 9.71. The van der Waals surface area contributed by atoms with E-state index in [1.807, 2.05) is 0 Å². The van der Waals surface area contributed by atoms with Crippen LogP contribution in [-0.2, 0) is 16.2 Å². The Labute approximate surface area is 453 Å². The van der Waals surface area contributed by atoms with Gasteiger partial charge in [0.2, 0.25) is 0 Å². The second kappa shape index (κ2) is 16.6. The first kappa shape index (κ1) is 45.0. The lowest BCUT2D eigenvalue weighted by atomic mass is 9.75. The molecular formula is C76H61N. The zero-order valence-electron chi connectivity index (χ0n) is 44.4. The van der Waals surface area contributed by atoms with E-state index in [1.54, 1.807) is 16.7 Å². The highest BCUT2D eigenvalue weighted by atomic mass is 15.0. The number of benzene rings is 10. The number of para-hydroxylation sites is 1. The fourth-order valence-corrected chi connectivity index (χ4v) is 15.7. The van der Waals surface area contributed by atoms with Gasteiger partial charge in [0.15, 0.2) is 0 Å². The van der Waals surface area contributed by atoms with Crippen LogP contribution in [0.15, 0.2) is 206 Å². The zero-order valence-corrected chi connectivity index (χ0v) is 44.4. The minimum Gasteiger partial charge on any atom is -0.309 e. The topological polar surface area (TPSA) is 4.93 Å². The number of hydrogen-bond donors (Lipinski definition) is 0. The minimum absolute atomic E-state index is 0.0548. The lowest BCUT2D eigenvalue weighted by Gasteiger charge is -2.28. The van der Waals surface area contributed by atoms with Gasteiger partial charge in [0.25, 0.3) is 0 Å². The van der Waals surface area contributed by atoms with Crippen LogP contribution in [0.25, 0.3) is 106 Å². The molecule has 1 nitrogen and oxygen atoms in total. The summed E-state index contributed by atoms with van der Waals surface area (Å²) in [6, 6.07) is 79.5. The molecule has 10 aromatic carbocycles. The first-order chi connectivity index (χ1) is 37.7. The van der Waals surface area contributed by atoms with E-state index in [1.165, 1.54) is 179 Å². The van der Waals surface area contributed by atoms with Gasteiger partial charge in [-0.05, 0) is 192 Å². The van der Waals surface area contributed by atoms with Gasteiger partial charge in [0.1, 0.15) is 0 Å². The van der Waals surface area contributed by atoms with Gasteiger partial charge in [0.05, 0.1) is 11.0 Å². The molecule has 5 aliphatic rings. The van der Waals surface area contributed by atoms with Crippen molar-refractivity contribution in [1.29, 1.82) is 0 Å². The maximum atomic E-state index is 2.60. The second-order valence-electron chi connectivity index (χ2n) is 24.0. The van der Waals surface area contributed by atoms with Crippen molar-refractivity contribution >= 4 is 34.0 Å². The van der Waals surface area contributed by atoms with Crippen LogP contribution in [0, 0.1) is 6.92 Å². The smallest absolute Gasteiger partial charge is 0.0541 e. The predicted octanol–water partition coefficient (Wildman–Crippen LogP) is 20.3. The molecule has 1 heteroatoms. The summed E-state index contributed by atoms with van der Waals surface area (Å²) in [7, 11) is 0. The average Bonchev–Trinajstić information content (AvgIpc) is 4.54. The van der Waals surface area contributed by atoms with Crippen molar-refractivity contribution in [3.8, 4) is 72.4 Å². The largest absolute Gasteiger partial charge is 0.309 e. The monoisotopic (exact) mass is 987 g/mol. The molecule has 1 aromatic heterocycles. The molecular weight excluding hydrogens is 927 g/mol. The zero-order chi connectivity index (χ0) is 51.2. The van der Waals surface area contributed by atoms with Crippen LogP contribution in [0.1, 0.15) is 115 Å². The fourth-order valence-electron chi connectivity index (χ4n) is 15.7. The predicted molar refractivity (Wildman–Crippen MR) is 324 cm³/mol. The molecule has 16 rings (SSSR count). The maximum absolute atomic E-state index is 2.60. The van der Waals surface area contributed by atoms with E-state index in [-0.39, 0.29) is 16.2 Å². The summed E-state index contributed by atoms with van der Waals surface area (Å²) in [5, 5.41) is 2.55. The number of fused-ring (bicyclic) bond motifs is 16. The van der Waals surface area contributed by atoms with Crippen molar-refractivity contribution in [2.45, 2.75) is 88.4 Å². The molecule has 0 unspecified atom stereocenters. The fraction of sp³-hybridized carbons (Fsp3) is 0.184. The van der Waals surface area contributed by atoms with Crippen molar-refractivity contribution < 1.29 is 0 Å². The first-order valence-electron chi connectivity index (χ1n) is 28.5. The molecule has 5 aliphatic carbocycles. The summed E-state index contributed by atoms with van der Waals surface area (Å²) in [6.07, 6.45) is 14.7. The molecule has 0 radical (unpaired) electrons. The molecule has 0 N–H and O–H groups in total. The lowest BCUT2D eigenvalue weighted by Crippen LogP contribution is -2.21. The molecule has 2 fully saturated rings. The summed E-state index contributed by atoms with van der Waals surface area (Å²) in [4.78, 5) is 0. The van der Waals surface area contributed by atoms with Crippen LogP contribution in [-0.4, -0.2) is 4.57 Å². The maximum Gasteiger partial charge on any atom is 0.0541 e. The van der Waals surface area contributed by atoms with E-state index in [9.17, 15) is 0 Å². The van der Waals surface area contributed by atoms with E-state index in [4.69, 9.17) is 0 Å². The van der Waals surface area contributed by atoms with Crippen LogP contribution in [0.4, 0.5) is 0 Å². The van der Waals surface area contributed by atoms with Gasteiger partial charge in [-0.25, -0.2) is 0 Å². The Balaban J connectivity index is 0.648. The Morgan fingerprint density at radius 2 is 0.766 bits per heavy atom. The summed E-state index contributed by atoms with van der Waals surface area (Å²) in [5.41, 5.74) is 32.9. The second-order valence-corrected chi connectivity index (χ2v) is 24.0. The van der Waals surface area contributed by atoms with E-state index in [0.717, 1.165) is 0 Å². The van der Waals surface area contributed by atoms with Gasteiger partial charge in [-0.1, -0.05) is 215 Å². The molecule has 77 heavy (non-hydrogen) atoms. The van der Waals surface area contributed by atoms with E-state index in [2.05, 4.69) is 244 Å². The van der Waals surface area contributed by atoms with Gasteiger partial charge in [-0.15, -0.1) is 0 Å². The van der Waals surface area contributed by atoms with Crippen LogP contribution in [0.3, 0.4) is 0 Å². The van der Waals surface area contributed by atoms with E-state index >= 15 is 0 Å². The lowest BCUT2D eigenvalue weighted by molar-refractivity contribution is 0.549. The standard InChI is InChI=1S/C76H61N/c1-48-16-32-60-61-34-28-55(45-70(61)75(68(60)42-48)38-8-9-39-75)56-29-35-63-62-33-27-54(44-69(62)76(71(63)46-56)40-10-11-41-76)52-25-21-50(22-26-52)18-17-49-19-23-51(24-20-49)53-30-37-73-65(43-53)64-13-5-7-15-72(64)77(73)57-31-36-59-58-12-4-6-14-66(58)74(2,3)67(59)47-57/h4-7,12-37,42-47H,8-11,38-41H2,1-3H3/b18-17+. The molecule has 0 amide bonds. The van der Waals surface area contributed by atoms with Gasteiger partial charge in [0, 0.05) is 32.7 Å². The van der Waals surface area contributed by atoms with Crippen LogP contribution in [0.2, 0.25) is 0 Å². The summed E-state index contributed by atoms with van der Waals surface area (Å²) in [5.74, 6) is 0. The minimum atomic E-state index is -0.0548. The number of nitrogens with zero attached hydrogens (tertiary/aromatic N) is 1. The third-order valence-corrected chi connectivity index (χ3v) is 19.6. The molecule has 2 spiro atoms. The number of rotatable bonds is 6. The van der Waals surface area contributed by atoms with Crippen LogP contribution >= 0.6 is 0 Å². The number of aryl methyl sites for hydroxylation is 1. The van der Waals surface area contributed by atoms with Crippen LogP contribution < -0.4 is 0 Å². The van der Waals surface area contributed by atoms with Crippen LogP contribution in [0.5, 0.6) is 0 Å². The van der Waals surface area contributed by atoms with Gasteiger partial charge < -0.3 is 4.57 Å². The van der Waals surface area contributed by atoms with Gasteiger partial charge in [-0.2, -0.15) is 0 Å². The molecule has 1 heterocycles. The Morgan fingerprint density at radius 3 is 1.36 bits per heavy atom. The molecule has 2 saturated carbocycles. The molecule has 370 valence electrons. The molecule has 0 bridgehead atoms. The third kappa shape index (κ3) is 6.59. The SMILES string of the molecule is Cc1ccc2c(c1)C1(CCCC1)c1cc(-c3ccc4c(c3)C3(CCCC3)c3cc(-c5ccc(/C=C/c6ccc(-c7ccc8c(c7)c7ccccc7n8-c7ccc8c(c7)C(C)(C)c7ccccc7-8)cc6)cc5)ccc3-4)ccc1-2. The molecule has 11 aromatic rings. The van der Waals surface area contributed by atoms with Crippen molar-refractivity contribution in [3.05, 3.63) is 256 Å². The summed E-state index contributed by atoms with van der Waals surface area (Å²) >= 11 is 0. The summed E-state index contributed by atoms with van der Waals surface area (Å²) in [6.45, 7) is 6.98. The van der Waals surface area contributed by atoms with Crippen molar-refractivity contribution in [3.63, 3.8) is 0 Å². The number of hydrogen-bond acceptors (Lipinski definition) is 0. The van der Waals surface area contributed by atoms with Crippen molar-refractivity contribution in [2.24, 2.45) is 0 Å². The highest BCUT2D eigenvalue weighted by Gasteiger charge is 2.47. The first-order valence-corrected chi connectivity index (χ1v) is 28.5. The molecule has 0 atom stereocenters. The van der Waals surface area contributed by atoms with Gasteiger partial charge >= 0.3 is 0 Å². The number of aromatic nitrogens is 1. The Morgan fingerprint density at radius 1 is 0.338 bits per heavy atom. The quantitative estimate of drug-likeness (QED) is 0.146. The highest BCUT2D eigenvalue weighted by molar-refractivity contribution is 6.10. The van der Waals surface area contributed by atoms with E-state index in [0.29, 0.717) is 0 Å². The normalized spacial score (nSPS) is 16.6. The van der Waals surface area contributed by atoms with E-state index < -0.39 is 0 Å². The third-order valence-electron chi connectivity index (χ3n) is 19.6. The summed E-state index contributed by atoms with van der Waals surface area (Å²) < 4.78 is 2.46. The highest BCUT2D eigenvalue weighted by Crippen LogP contribution is 2.60. The Hall–Kier alpha value is -8.26. The van der Waals surface area contributed by atoms with Crippen molar-refractivity contribution in [1.82, 2.24) is 4.57 Å². The average molecular weight is 988 g/mol. The van der Waals surface area contributed by atoms with Gasteiger partial charge in [-0.3, -0.25) is 0 Å². The Bertz CT molecular complexity index is 4290. The molecule has 0 aliphatic heterocycles. The molecule has 0 saturated heterocycles. The van der Waals surface area contributed by atoms with Crippen molar-refractivity contribution in [2.75, 3.05) is 0 Å².